The molecule has 1 aromatic rings. The summed E-state index contributed by atoms with van der Waals surface area (Å²) in [4.78, 5) is 0. The summed E-state index contributed by atoms with van der Waals surface area (Å²) in [5.41, 5.74) is -2.25. The zero-order valence-corrected chi connectivity index (χ0v) is 14.6. The molecule has 3 fully saturated rings. The third-order valence-electron chi connectivity index (χ3n) is 7.48. The molecule has 2 saturated heterocycles. The minimum atomic E-state index is -4.78. The summed E-state index contributed by atoms with van der Waals surface area (Å²) in [7, 11) is 0. The molecule has 26 heavy (non-hydrogen) atoms. The second kappa shape index (κ2) is 5.40. The van der Waals surface area contributed by atoms with Crippen molar-refractivity contribution in [3.05, 3.63) is 34.9 Å². The molecule has 0 N–H and O–H groups in total. The topological polar surface area (TPSA) is 0 Å². The molecule has 0 amide bonds. The Morgan fingerprint density at radius 2 is 1.31 bits per heavy atom. The van der Waals surface area contributed by atoms with E-state index in [9.17, 15) is 26.3 Å². The van der Waals surface area contributed by atoms with Crippen LogP contribution < -0.4 is 0 Å². The van der Waals surface area contributed by atoms with E-state index in [1.54, 1.807) is 0 Å². The number of benzene rings is 1. The summed E-state index contributed by atoms with van der Waals surface area (Å²) in [6.45, 7) is 4.19. The molecule has 1 aliphatic carbocycles. The average Bonchev–Trinajstić information content (AvgIpc) is 3.09. The lowest BCUT2D eigenvalue weighted by atomic mass is 9.84. The lowest BCUT2D eigenvalue weighted by Crippen LogP contribution is -2.57. The van der Waals surface area contributed by atoms with Crippen LogP contribution in [0.3, 0.4) is 0 Å². The molecule has 3 aliphatic rings. The molecule has 0 bridgehead atoms. The SMILES string of the molecule is CC12[C@@H]3CC[C@H]1CC[N+]2(Cc1cc(C(F)(F)F)cc(C(F)(F)F)c1)CC3. The van der Waals surface area contributed by atoms with Gasteiger partial charge in [-0.3, -0.25) is 0 Å². The number of alkyl halides is 6. The van der Waals surface area contributed by atoms with Gasteiger partial charge in [0.05, 0.1) is 24.2 Å². The maximum atomic E-state index is 13.2. The van der Waals surface area contributed by atoms with Crippen LogP contribution in [-0.4, -0.2) is 23.1 Å². The van der Waals surface area contributed by atoms with Gasteiger partial charge in [0, 0.05) is 30.2 Å². The van der Waals surface area contributed by atoms with Gasteiger partial charge in [-0.15, -0.1) is 0 Å². The standard InChI is InChI=1S/C19H22F6N/c1-17-13-2-3-14(17)5-7-26(17,6-4-13)11-12-8-15(18(20,21)22)10-16(9-12)19(23,24)25/h8-10,13-14H,2-7,11H2,1H3/q+1/t13-,14+,17?,26?. The molecule has 7 heteroatoms. The van der Waals surface area contributed by atoms with Crippen molar-refractivity contribution < 1.29 is 30.8 Å². The first-order chi connectivity index (χ1) is 12.0. The van der Waals surface area contributed by atoms with Crippen LogP contribution in [0.1, 0.15) is 49.3 Å². The highest BCUT2D eigenvalue weighted by Crippen LogP contribution is 2.60. The van der Waals surface area contributed by atoms with Gasteiger partial charge >= 0.3 is 12.4 Å². The van der Waals surface area contributed by atoms with Gasteiger partial charge < -0.3 is 4.48 Å². The Kier molecular flexibility index (Phi) is 3.76. The number of nitrogens with zero attached hydrogens (tertiary/aromatic N) is 1. The maximum absolute atomic E-state index is 13.2. The molecule has 0 radical (unpaired) electrons. The minimum Gasteiger partial charge on any atom is -0.315 e. The van der Waals surface area contributed by atoms with Crippen molar-refractivity contribution in [3.63, 3.8) is 0 Å². The van der Waals surface area contributed by atoms with Crippen molar-refractivity contribution >= 4 is 0 Å². The van der Waals surface area contributed by atoms with Gasteiger partial charge in [0.2, 0.25) is 0 Å². The first kappa shape index (κ1) is 18.1. The number of hydrogen-bond donors (Lipinski definition) is 0. The molecule has 0 aromatic heterocycles. The third kappa shape index (κ3) is 2.49. The van der Waals surface area contributed by atoms with Gasteiger partial charge in [0.1, 0.15) is 12.1 Å². The van der Waals surface area contributed by atoms with E-state index in [4.69, 9.17) is 0 Å². The van der Waals surface area contributed by atoms with E-state index in [0.29, 0.717) is 16.3 Å². The Bertz CT molecular complexity index is 671. The zero-order chi connectivity index (χ0) is 19.0. The van der Waals surface area contributed by atoms with Crippen LogP contribution >= 0.6 is 0 Å². The van der Waals surface area contributed by atoms with Crippen molar-refractivity contribution in [1.82, 2.24) is 0 Å². The van der Waals surface area contributed by atoms with Crippen LogP contribution in [0.15, 0.2) is 18.2 Å². The number of rotatable bonds is 2. The van der Waals surface area contributed by atoms with Crippen molar-refractivity contribution in [2.24, 2.45) is 11.8 Å². The van der Waals surface area contributed by atoms with E-state index < -0.39 is 23.5 Å². The van der Waals surface area contributed by atoms with E-state index in [1.807, 2.05) is 0 Å². The summed E-state index contributed by atoms with van der Waals surface area (Å²) in [5, 5.41) is 0. The Balaban J connectivity index is 1.75. The molecule has 2 unspecified atom stereocenters. The number of hydrogen-bond acceptors (Lipinski definition) is 0. The van der Waals surface area contributed by atoms with Gasteiger partial charge in [0.25, 0.3) is 0 Å². The largest absolute Gasteiger partial charge is 0.416 e. The van der Waals surface area contributed by atoms with E-state index in [0.717, 1.165) is 50.9 Å². The fraction of sp³-hybridized carbons (Fsp3) is 0.684. The molecule has 2 heterocycles. The van der Waals surface area contributed by atoms with E-state index in [-0.39, 0.29) is 23.7 Å². The Hall–Kier alpha value is -1.24. The second-order valence-electron chi connectivity index (χ2n) is 8.44. The quantitative estimate of drug-likeness (QED) is 0.462. The summed E-state index contributed by atoms with van der Waals surface area (Å²) in [5.74, 6) is 1.09. The van der Waals surface area contributed by atoms with Gasteiger partial charge in [-0.25, -0.2) is 0 Å². The summed E-state index contributed by atoms with van der Waals surface area (Å²) >= 11 is 0. The summed E-state index contributed by atoms with van der Waals surface area (Å²) < 4.78 is 79.6. The van der Waals surface area contributed by atoms with Crippen LogP contribution in [0.5, 0.6) is 0 Å². The minimum absolute atomic E-state index is 0.00658. The molecule has 2 aliphatic heterocycles. The first-order valence-electron chi connectivity index (χ1n) is 9.10. The predicted molar refractivity (Wildman–Crippen MR) is 84.0 cm³/mol. The fourth-order valence-electron chi connectivity index (χ4n) is 6.16. The lowest BCUT2D eigenvalue weighted by Gasteiger charge is -2.44. The molecular weight excluding hydrogens is 356 g/mol. The monoisotopic (exact) mass is 378 g/mol. The Morgan fingerprint density at radius 3 is 1.73 bits per heavy atom. The molecule has 144 valence electrons. The van der Waals surface area contributed by atoms with Gasteiger partial charge in [-0.1, -0.05) is 0 Å². The van der Waals surface area contributed by atoms with Crippen molar-refractivity contribution in [1.29, 1.82) is 0 Å². The third-order valence-corrected chi connectivity index (χ3v) is 7.48. The molecule has 1 nitrogen and oxygen atoms in total. The highest BCUT2D eigenvalue weighted by Gasteiger charge is 2.67. The van der Waals surface area contributed by atoms with Crippen molar-refractivity contribution in [2.75, 3.05) is 13.1 Å². The smallest absolute Gasteiger partial charge is 0.315 e. The van der Waals surface area contributed by atoms with E-state index in [1.165, 1.54) is 0 Å². The predicted octanol–water partition coefficient (Wildman–Crippen LogP) is 5.63. The van der Waals surface area contributed by atoms with Gasteiger partial charge in [-0.05, 0) is 38.0 Å². The highest BCUT2D eigenvalue weighted by molar-refractivity contribution is 5.33. The summed E-state index contributed by atoms with van der Waals surface area (Å²) in [6, 6.07) is 2.06. The highest BCUT2D eigenvalue weighted by atomic mass is 19.4. The van der Waals surface area contributed by atoms with Crippen molar-refractivity contribution in [3.8, 4) is 0 Å². The zero-order valence-electron chi connectivity index (χ0n) is 14.6. The average molecular weight is 378 g/mol. The Labute approximate surface area is 148 Å². The van der Waals surface area contributed by atoms with Crippen molar-refractivity contribution in [2.45, 2.75) is 57.0 Å². The molecule has 1 aromatic carbocycles. The van der Waals surface area contributed by atoms with Crippen LogP contribution in [0.25, 0.3) is 0 Å². The lowest BCUT2D eigenvalue weighted by molar-refractivity contribution is -0.965. The fourth-order valence-corrected chi connectivity index (χ4v) is 6.16. The normalized spacial score (nSPS) is 36.6. The van der Waals surface area contributed by atoms with Crippen LogP contribution in [-0.2, 0) is 18.9 Å². The van der Waals surface area contributed by atoms with Crippen LogP contribution in [0.4, 0.5) is 26.3 Å². The summed E-state index contributed by atoms with van der Waals surface area (Å²) in [6.07, 6.45) is -5.24. The Morgan fingerprint density at radius 1 is 0.846 bits per heavy atom. The number of quaternary nitrogens is 1. The van der Waals surface area contributed by atoms with Crippen LogP contribution in [0, 0.1) is 11.8 Å². The molecule has 0 spiro atoms. The molecular formula is C19H22F6N+. The van der Waals surface area contributed by atoms with E-state index >= 15 is 0 Å². The maximum Gasteiger partial charge on any atom is 0.416 e. The molecule has 1 saturated carbocycles. The second-order valence-corrected chi connectivity index (χ2v) is 8.44. The van der Waals surface area contributed by atoms with Crippen LogP contribution in [0.2, 0.25) is 0 Å². The first-order valence-corrected chi connectivity index (χ1v) is 9.10. The molecule has 4 atom stereocenters. The van der Waals surface area contributed by atoms with Gasteiger partial charge in [-0.2, -0.15) is 26.3 Å². The molecule has 4 rings (SSSR count). The number of halogens is 6. The van der Waals surface area contributed by atoms with Gasteiger partial charge in [0.15, 0.2) is 0 Å². The van der Waals surface area contributed by atoms with E-state index in [2.05, 4.69) is 6.92 Å².